The van der Waals surface area contributed by atoms with Crippen molar-refractivity contribution in [1.82, 2.24) is 4.90 Å². The van der Waals surface area contributed by atoms with Crippen LogP contribution in [0.5, 0.6) is 5.75 Å². The van der Waals surface area contributed by atoms with Gasteiger partial charge in [-0.2, -0.15) is 0 Å². The van der Waals surface area contributed by atoms with Crippen LogP contribution in [0, 0.1) is 6.92 Å². The van der Waals surface area contributed by atoms with Crippen LogP contribution in [0.25, 0.3) is 0 Å². The quantitative estimate of drug-likeness (QED) is 0.603. The molecule has 1 amide bonds. The van der Waals surface area contributed by atoms with Gasteiger partial charge in [0, 0.05) is 43.6 Å². The number of carboxylic acids is 2. The number of nitrogens with one attached hydrogen (secondary N) is 1. The summed E-state index contributed by atoms with van der Waals surface area (Å²) < 4.78 is 5.31. The van der Waals surface area contributed by atoms with Gasteiger partial charge in [-0.15, -0.1) is 0 Å². The van der Waals surface area contributed by atoms with Gasteiger partial charge in [0.25, 0.3) is 0 Å². The van der Waals surface area contributed by atoms with Crippen LogP contribution in [0.1, 0.15) is 12.5 Å². The van der Waals surface area contributed by atoms with Crippen LogP contribution in [0.4, 0.5) is 11.4 Å². The van der Waals surface area contributed by atoms with E-state index in [4.69, 9.17) is 24.5 Å². The number of ether oxygens (including phenoxy) is 1. The van der Waals surface area contributed by atoms with Gasteiger partial charge in [0.1, 0.15) is 5.75 Å². The fourth-order valence-electron chi connectivity index (χ4n) is 3.22. The number of anilines is 2. The Hall–Kier alpha value is -3.59. The van der Waals surface area contributed by atoms with Gasteiger partial charge in [0.05, 0.1) is 13.2 Å². The maximum Gasteiger partial charge on any atom is 0.414 e. The van der Waals surface area contributed by atoms with Gasteiger partial charge in [0.2, 0.25) is 5.91 Å². The first kappa shape index (κ1) is 24.7. The van der Waals surface area contributed by atoms with Gasteiger partial charge < -0.3 is 25.2 Å². The second-order valence-electron chi connectivity index (χ2n) is 7.37. The van der Waals surface area contributed by atoms with Crippen molar-refractivity contribution in [2.24, 2.45) is 0 Å². The fraction of sp³-hybridized carbons (Fsp3) is 0.348. The topological polar surface area (TPSA) is 119 Å². The smallest absolute Gasteiger partial charge is 0.414 e. The van der Waals surface area contributed by atoms with E-state index < -0.39 is 11.9 Å². The van der Waals surface area contributed by atoms with Crippen LogP contribution in [0.3, 0.4) is 0 Å². The number of hydrogen-bond donors (Lipinski definition) is 3. The summed E-state index contributed by atoms with van der Waals surface area (Å²) in [5.41, 5.74) is 3.20. The van der Waals surface area contributed by atoms with Crippen molar-refractivity contribution < 1.29 is 29.3 Å². The van der Waals surface area contributed by atoms with Crippen molar-refractivity contribution in [3.8, 4) is 5.75 Å². The average molecular weight is 444 g/mol. The highest BCUT2D eigenvalue weighted by molar-refractivity contribution is 6.27. The van der Waals surface area contributed by atoms with Crippen molar-refractivity contribution in [2.75, 3.05) is 43.5 Å². The normalized spacial score (nSPS) is 14.5. The van der Waals surface area contributed by atoms with Gasteiger partial charge in [-0.05, 0) is 38.1 Å². The molecule has 1 unspecified atom stereocenters. The number of piperazine rings is 1. The van der Waals surface area contributed by atoms with E-state index in [1.54, 1.807) is 7.11 Å². The monoisotopic (exact) mass is 443 g/mol. The van der Waals surface area contributed by atoms with Crippen LogP contribution >= 0.6 is 0 Å². The number of rotatable bonds is 5. The van der Waals surface area contributed by atoms with E-state index in [0.29, 0.717) is 0 Å². The van der Waals surface area contributed by atoms with E-state index >= 15 is 0 Å². The molecule has 1 atom stereocenters. The number of carbonyl (C=O) groups excluding carboxylic acids is 1. The standard InChI is InChI=1S/C21H27N3O2.C2H2O4/c1-16-7-9-18(10-8-16)22-21(25)17(2)23-11-13-24(14-12-23)19-5-4-6-20(15-19)26-3;3-1(4)2(5)6/h4-10,15,17H,11-14H2,1-3H3,(H,22,25);(H,3,4)(H,5,6). The number of aryl methyl sites for hydroxylation is 1. The lowest BCUT2D eigenvalue weighted by molar-refractivity contribution is -0.159. The van der Waals surface area contributed by atoms with Crippen LogP contribution in [-0.4, -0.2) is 72.3 Å². The summed E-state index contributed by atoms with van der Waals surface area (Å²) in [7, 11) is 1.69. The first-order chi connectivity index (χ1) is 15.2. The second-order valence-corrected chi connectivity index (χ2v) is 7.37. The number of carbonyl (C=O) groups is 3. The third kappa shape index (κ3) is 7.28. The minimum Gasteiger partial charge on any atom is -0.497 e. The zero-order valence-electron chi connectivity index (χ0n) is 18.4. The van der Waals surface area contributed by atoms with Gasteiger partial charge in [0.15, 0.2) is 0 Å². The molecule has 0 spiro atoms. The highest BCUT2D eigenvalue weighted by Crippen LogP contribution is 2.22. The molecule has 0 radical (unpaired) electrons. The van der Waals surface area contributed by atoms with E-state index in [1.165, 1.54) is 11.3 Å². The summed E-state index contributed by atoms with van der Waals surface area (Å²) in [5, 5.41) is 17.8. The average Bonchev–Trinajstić information content (AvgIpc) is 2.80. The Morgan fingerprint density at radius 1 is 0.969 bits per heavy atom. The zero-order valence-corrected chi connectivity index (χ0v) is 18.4. The van der Waals surface area contributed by atoms with Crippen molar-refractivity contribution in [2.45, 2.75) is 19.9 Å². The molecule has 1 aliphatic heterocycles. The fourth-order valence-corrected chi connectivity index (χ4v) is 3.22. The number of amides is 1. The van der Waals surface area contributed by atoms with E-state index in [1.807, 2.05) is 50.2 Å². The molecule has 9 heteroatoms. The minimum absolute atomic E-state index is 0.0451. The Bertz CT molecular complexity index is 912. The van der Waals surface area contributed by atoms with Crippen LogP contribution < -0.4 is 15.0 Å². The summed E-state index contributed by atoms with van der Waals surface area (Å²) in [5.74, 6) is -2.73. The predicted molar refractivity (Wildman–Crippen MR) is 121 cm³/mol. The molecule has 32 heavy (non-hydrogen) atoms. The number of benzene rings is 2. The lowest BCUT2D eigenvalue weighted by Gasteiger charge is -2.38. The molecule has 0 saturated carbocycles. The summed E-state index contributed by atoms with van der Waals surface area (Å²) in [6, 6.07) is 15.9. The van der Waals surface area contributed by atoms with Crippen LogP contribution in [0.15, 0.2) is 48.5 Å². The maximum absolute atomic E-state index is 12.5. The summed E-state index contributed by atoms with van der Waals surface area (Å²) in [6.45, 7) is 7.53. The maximum atomic E-state index is 12.5. The van der Waals surface area contributed by atoms with E-state index in [-0.39, 0.29) is 11.9 Å². The first-order valence-electron chi connectivity index (χ1n) is 10.2. The molecule has 3 N–H and O–H groups in total. The van der Waals surface area contributed by atoms with Gasteiger partial charge >= 0.3 is 11.9 Å². The lowest BCUT2D eigenvalue weighted by atomic mass is 10.1. The largest absolute Gasteiger partial charge is 0.497 e. The van der Waals surface area contributed by atoms with Crippen molar-refractivity contribution in [3.05, 3.63) is 54.1 Å². The van der Waals surface area contributed by atoms with E-state index in [2.05, 4.69) is 27.2 Å². The molecule has 3 rings (SSSR count). The highest BCUT2D eigenvalue weighted by atomic mass is 16.5. The molecular formula is C23H29N3O6. The van der Waals surface area contributed by atoms with Crippen LogP contribution in [-0.2, 0) is 14.4 Å². The Balaban J connectivity index is 0.000000534. The molecule has 2 aromatic carbocycles. The van der Waals surface area contributed by atoms with Gasteiger partial charge in [-0.3, -0.25) is 9.69 Å². The predicted octanol–water partition coefficient (Wildman–Crippen LogP) is 2.31. The zero-order chi connectivity index (χ0) is 23.7. The molecule has 9 nitrogen and oxygen atoms in total. The van der Waals surface area contributed by atoms with E-state index in [0.717, 1.165) is 37.6 Å². The molecule has 0 aromatic heterocycles. The molecule has 2 aromatic rings. The Kier molecular flexibility index (Phi) is 9.03. The number of nitrogens with zero attached hydrogens (tertiary/aromatic N) is 2. The third-order valence-electron chi connectivity index (χ3n) is 5.16. The van der Waals surface area contributed by atoms with Gasteiger partial charge in [-0.25, -0.2) is 9.59 Å². The molecule has 1 fully saturated rings. The van der Waals surface area contributed by atoms with Crippen molar-refractivity contribution in [3.63, 3.8) is 0 Å². The first-order valence-corrected chi connectivity index (χ1v) is 10.2. The lowest BCUT2D eigenvalue weighted by Crippen LogP contribution is -2.52. The molecule has 1 heterocycles. The Labute approximate surface area is 187 Å². The number of methoxy groups -OCH3 is 1. The molecule has 0 aliphatic carbocycles. The highest BCUT2D eigenvalue weighted by Gasteiger charge is 2.25. The van der Waals surface area contributed by atoms with Crippen molar-refractivity contribution in [1.29, 1.82) is 0 Å². The number of hydrogen-bond acceptors (Lipinski definition) is 6. The third-order valence-corrected chi connectivity index (χ3v) is 5.16. The molecule has 172 valence electrons. The molecule has 1 saturated heterocycles. The van der Waals surface area contributed by atoms with E-state index in [9.17, 15) is 4.79 Å². The summed E-state index contributed by atoms with van der Waals surface area (Å²) in [4.78, 5) is 35.3. The summed E-state index contributed by atoms with van der Waals surface area (Å²) >= 11 is 0. The molecule has 0 bridgehead atoms. The Morgan fingerprint density at radius 2 is 1.56 bits per heavy atom. The molecule has 1 aliphatic rings. The minimum atomic E-state index is -1.82. The van der Waals surface area contributed by atoms with Crippen LogP contribution in [0.2, 0.25) is 0 Å². The Morgan fingerprint density at radius 3 is 2.09 bits per heavy atom. The van der Waals surface area contributed by atoms with Gasteiger partial charge in [-0.1, -0.05) is 23.8 Å². The second kappa shape index (κ2) is 11.7. The van der Waals surface area contributed by atoms with Crippen molar-refractivity contribution >= 4 is 29.2 Å². The number of aliphatic carboxylic acids is 2. The SMILES string of the molecule is COc1cccc(N2CCN(C(C)C(=O)Nc3ccc(C)cc3)CC2)c1.O=C(O)C(=O)O. The summed E-state index contributed by atoms with van der Waals surface area (Å²) in [6.07, 6.45) is 0. The number of carboxylic acid groups (broad SMARTS) is 2. The molecular weight excluding hydrogens is 414 g/mol.